The van der Waals surface area contributed by atoms with Crippen LogP contribution < -0.4 is 0 Å². The van der Waals surface area contributed by atoms with Crippen molar-refractivity contribution in [2.45, 2.75) is 11.5 Å². The Bertz CT molecular complexity index is 442. The Labute approximate surface area is 91.1 Å². The van der Waals surface area contributed by atoms with Crippen LogP contribution in [0.5, 0.6) is 0 Å². The Kier molecular flexibility index (Phi) is 2.97. The number of aliphatic carboxylic acids is 1. The van der Waals surface area contributed by atoms with Gasteiger partial charge in [-0.1, -0.05) is 30.0 Å². The number of carbonyl (C=O) groups is 1. The number of hydrogen-bond donors (Lipinski definition) is 1. The van der Waals surface area contributed by atoms with E-state index in [0.29, 0.717) is 5.75 Å². The number of thioether (sulfide) groups is 1. The van der Waals surface area contributed by atoms with E-state index < -0.39 is 5.97 Å². The van der Waals surface area contributed by atoms with Crippen molar-refractivity contribution in [1.29, 1.82) is 0 Å². The van der Waals surface area contributed by atoms with E-state index >= 15 is 0 Å². The molecule has 1 heterocycles. The molecule has 0 bridgehead atoms. The molecule has 1 aromatic heterocycles. The van der Waals surface area contributed by atoms with Crippen LogP contribution in [-0.2, 0) is 4.79 Å². The Balaban J connectivity index is 2.05. The number of carboxylic acids is 1. The van der Waals surface area contributed by atoms with Gasteiger partial charge in [0.2, 0.25) is 0 Å². The highest BCUT2D eigenvalue weighted by Gasteiger charge is 2.04. The first-order valence-corrected chi connectivity index (χ1v) is 5.57. The van der Waals surface area contributed by atoms with Gasteiger partial charge in [0.25, 0.3) is 0 Å². The van der Waals surface area contributed by atoms with E-state index in [0.717, 1.165) is 16.1 Å². The molecule has 1 N–H and O–H groups in total. The first-order chi connectivity index (χ1) is 7.25. The number of fused-ring (bicyclic) bond motifs is 1. The molecule has 0 amide bonds. The highest BCUT2D eigenvalue weighted by Crippen LogP contribution is 2.27. The molecule has 78 valence electrons. The van der Waals surface area contributed by atoms with Crippen molar-refractivity contribution in [2.75, 3.05) is 5.75 Å². The second-order valence-electron chi connectivity index (χ2n) is 3.10. The molecule has 0 aliphatic rings. The molecule has 1 aromatic carbocycles. The molecule has 0 radical (unpaired) electrons. The number of furan rings is 1. The quantitative estimate of drug-likeness (QED) is 0.808. The molecule has 0 unspecified atom stereocenters. The molecule has 3 nitrogen and oxygen atoms in total. The second-order valence-corrected chi connectivity index (χ2v) is 4.19. The van der Waals surface area contributed by atoms with Crippen LogP contribution in [0.2, 0.25) is 0 Å². The molecule has 0 saturated carbocycles. The standard InChI is InChI=1S/C11H10O3S/c12-10(13)5-6-15-11-7-8-3-1-2-4-9(8)14-11/h1-4,7H,5-6H2,(H,12,13). The zero-order chi connectivity index (χ0) is 10.7. The Morgan fingerprint density at radius 3 is 2.93 bits per heavy atom. The van der Waals surface area contributed by atoms with Crippen molar-refractivity contribution in [3.63, 3.8) is 0 Å². The van der Waals surface area contributed by atoms with Crippen molar-refractivity contribution >= 4 is 28.7 Å². The third-order valence-electron chi connectivity index (χ3n) is 1.96. The highest BCUT2D eigenvalue weighted by molar-refractivity contribution is 7.99. The maximum absolute atomic E-state index is 10.3. The number of rotatable bonds is 4. The minimum absolute atomic E-state index is 0.154. The van der Waals surface area contributed by atoms with Crippen molar-refractivity contribution < 1.29 is 14.3 Å². The summed E-state index contributed by atoms with van der Waals surface area (Å²) >= 11 is 1.43. The maximum Gasteiger partial charge on any atom is 0.304 e. The van der Waals surface area contributed by atoms with Crippen LogP contribution in [0, 0.1) is 0 Å². The van der Waals surface area contributed by atoms with E-state index in [2.05, 4.69) is 0 Å². The molecule has 0 aliphatic carbocycles. The molecule has 4 heteroatoms. The third kappa shape index (κ3) is 2.53. The molecule has 2 rings (SSSR count). The predicted molar refractivity (Wildman–Crippen MR) is 59.2 cm³/mol. The zero-order valence-electron chi connectivity index (χ0n) is 7.97. The van der Waals surface area contributed by atoms with Gasteiger partial charge >= 0.3 is 5.97 Å². The SMILES string of the molecule is O=C(O)CCSc1cc2ccccc2o1. The minimum atomic E-state index is -0.779. The lowest BCUT2D eigenvalue weighted by molar-refractivity contribution is -0.136. The first kappa shape index (κ1) is 10.1. The Morgan fingerprint density at radius 1 is 1.40 bits per heavy atom. The van der Waals surface area contributed by atoms with E-state index in [1.54, 1.807) is 0 Å². The van der Waals surface area contributed by atoms with E-state index in [9.17, 15) is 4.79 Å². The molecule has 0 saturated heterocycles. The average molecular weight is 222 g/mol. The van der Waals surface area contributed by atoms with Gasteiger partial charge < -0.3 is 9.52 Å². The molecule has 0 atom stereocenters. The predicted octanol–water partition coefficient (Wildman–Crippen LogP) is 3.00. The van der Waals surface area contributed by atoms with Crippen LogP contribution in [0.15, 0.2) is 39.8 Å². The lowest BCUT2D eigenvalue weighted by Crippen LogP contribution is -1.95. The minimum Gasteiger partial charge on any atom is -0.481 e. The summed E-state index contributed by atoms with van der Waals surface area (Å²) in [7, 11) is 0. The molecule has 0 fully saturated rings. The highest BCUT2D eigenvalue weighted by atomic mass is 32.2. The lowest BCUT2D eigenvalue weighted by Gasteiger charge is -1.92. The van der Waals surface area contributed by atoms with Gasteiger partial charge in [0.05, 0.1) is 6.42 Å². The molecule has 0 aliphatic heterocycles. The van der Waals surface area contributed by atoms with Gasteiger partial charge in [0, 0.05) is 11.1 Å². The van der Waals surface area contributed by atoms with Gasteiger partial charge in [0.1, 0.15) is 5.58 Å². The van der Waals surface area contributed by atoms with E-state index in [1.807, 2.05) is 30.3 Å². The van der Waals surface area contributed by atoms with Crippen LogP contribution in [-0.4, -0.2) is 16.8 Å². The van der Waals surface area contributed by atoms with Crippen LogP contribution >= 0.6 is 11.8 Å². The van der Waals surface area contributed by atoms with Crippen molar-refractivity contribution in [3.8, 4) is 0 Å². The number of benzene rings is 1. The van der Waals surface area contributed by atoms with Crippen molar-refractivity contribution in [1.82, 2.24) is 0 Å². The smallest absolute Gasteiger partial charge is 0.304 e. The fourth-order valence-corrected chi connectivity index (χ4v) is 2.10. The number of para-hydroxylation sites is 1. The summed E-state index contributed by atoms with van der Waals surface area (Å²) in [6.07, 6.45) is 0.154. The summed E-state index contributed by atoms with van der Waals surface area (Å²) in [5, 5.41) is 10.3. The molecule has 15 heavy (non-hydrogen) atoms. The van der Waals surface area contributed by atoms with Crippen LogP contribution in [0.4, 0.5) is 0 Å². The third-order valence-corrected chi connectivity index (χ3v) is 2.86. The number of carboxylic acid groups (broad SMARTS) is 1. The first-order valence-electron chi connectivity index (χ1n) is 4.59. The van der Waals surface area contributed by atoms with Crippen molar-refractivity contribution in [2.24, 2.45) is 0 Å². The lowest BCUT2D eigenvalue weighted by atomic mass is 10.3. The molecular weight excluding hydrogens is 212 g/mol. The van der Waals surface area contributed by atoms with Gasteiger partial charge in [-0.05, 0) is 12.1 Å². The molecular formula is C11H10O3S. The van der Waals surface area contributed by atoms with E-state index in [4.69, 9.17) is 9.52 Å². The summed E-state index contributed by atoms with van der Waals surface area (Å²) in [6, 6.07) is 9.67. The van der Waals surface area contributed by atoms with Crippen LogP contribution in [0.3, 0.4) is 0 Å². The largest absolute Gasteiger partial charge is 0.481 e. The normalized spacial score (nSPS) is 10.7. The second kappa shape index (κ2) is 4.40. The summed E-state index contributed by atoms with van der Waals surface area (Å²) in [4.78, 5) is 10.3. The number of hydrogen-bond acceptors (Lipinski definition) is 3. The van der Waals surface area contributed by atoms with Gasteiger partial charge in [-0.15, -0.1) is 0 Å². The Morgan fingerprint density at radius 2 is 2.20 bits per heavy atom. The van der Waals surface area contributed by atoms with E-state index in [-0.39, 0.29) is 6.42 Å². The summed E-state index contributed by atoms with van der Waals surface area (Å²) < 4.78 is 5.52. The summed E-state index contributed by atoms with van der Waals surface area (Å²) in [5.74, 6) is -0.242. The summed E-state index contributed by atoms with van der Waals surface area (Å²) in [5.41, 5.74) is 0.843. The Hall–Kier alpha value is -1.42. The van der Waals surface area contributed by atoms with E-state index in [1.165, 1.54) is 11.8 Å². The van der Waals surface area contributed by atoms with Gasteiger partial charge in [0.15, 0.2) is 5.09 Å². The summed E-state index contributed by atoms with van der Waals surface area (Å²) in [6.45, 7) is 0. The molecule has 2 aromatic rings. The fraction of sp³-hybridized carbons (Fsp3) is 0.182. The van der Waals surface area contributed by atoms with Gasteiger partial charge in [-0.25, -0.2) is 0 Å². The zero-order valence-corrected chi connectivity index (χ0v) is 8.79. The maximum atomic E-state index is 10.3. The van der Waals surface area contributed by atoms with Crippen molar-refractivity contribution in [3.05, 3.63) is 30.3 Å². The van der Waals surface area contributed by atoms with Gasteiger partial charge in [-0.3, -0.25) is 4.79 Å². The fourth-order valence-electron chi connectivity index (χ4n) is 1.27. The monoisotopic (exact) mass is 222 g/mol. The average Bonchev–Trinajstić information content (AvgIpc) is 2.59. The van der Waals surface area contributed by atoms with Gasteiger partial charge in [-0.2, -0.15) is 0 Å². The van der Waals surface area contributed by atoms with Crippen LogP contribution in [0.1, 0.15) is 6.42 Å². The van der Waals surface area contributed by atoms with Crippen LogP contribution in [0.25, 0.3) is 11.0 Å². The molecule has 0 spiro atoms. The topological polar surface area (TPSA) is 50.4 Å².